The zero-order valence-corrected chi connectivity index (χ0v) is 12.0. The molecule has 1 saturated carbocycles. The Morgan fingerprint density at radius 1 is 1.21 bits per heavy atom. The van der Waals surface area contributed by atoms with E-state index in [0.717, 1.165) is 12.2 Å². The minimum Gasteiger partial charge on any atom is -0.474 e. The lowest BCUT2D eigenvalue weighted by molar-refractivity contribution is -0.0168. The van der Waals surface area contributed by atoms with Gasteiger partial charge < -0.3 is 14.8 Å². The maximum absolute atomic E-state index is 5.56. The molecule has 0 saturated heterocycles. The topological polar surface area (TPSA) is 56.3 Å². The van der Waals surface area contributed by atoms with E-state index in [0.29, 0.717) is 25.1 Å². The summed E-state index contributed by atoms with van der Waals surface area (Å²) in [7, 11) is 0. The van der Waals surface area contributed by atoms with Crippen LogP contribution in [-0.4, -0.2) is 34.8 Å². The summed E-state index contributed by atoms with van der Waals surface area (Å²) in [6.07, 6.45) is 5.99. The molecular formula is C14H23N3O2. The van der Waals surface area contributed by atoms with Crippen LogP contribution in [0.4, 0.5) is 0 Å². The first-order valence-electron chi connectivity index (χ1n) is 6.84. The second kappa shape index (κ2) is 6.30. The molecular weight excluding hydrogens is 242 g/mol. The molecule has 0 aliphatic heterocycles. The van der Waals surface area contributed by atoms with Crippen molar-refractivity contribution in [3.63, 3.8) is 0 Å². The van der Waals surface area contributed by atoms with Gasteiger partial charge in [0.05, 0.1) is 30.3 Å². The monoisotopic (exact) mass is 265 g/mol. The molecule has 19 heavy (non-hydrogen) atoms. The summed E-state index contributed by atoms with van der Waals surface area (Å²) in [6.45, 7) is 7.89. The summed E-state index contributed by atoms with van der Waals surface area (Å²) < 4.78 is 11.0. The molecule has 5 nitrogen and oxygen atoms in total. The Hall–Kier alpha value is -1.20. The molecule has 1 N–H and O–H groups in total. The zero-order valence-electron chi connectivity index (χ0n) is 12.0. The highest BCUT2D eigenvalue weighted by Crippen LogP contribution is 2.19. The van der Waals surface area contributed by atoms with Crippen LogP contribution in [0, 0.1) is 0 Å². The molecule has 0 unspecified atom stereocenters. The molecule has 1 fully saturated rings. The van der Waals surface area contributed by atoms with Gasteiger partial charge in [0.25, 0.3) is 0 Å². The molecule has 5 heteroatoms. The van der Waals surface area contributed by atoms with E-state index in [1.807, 2.05) is 20.8 Å². The van der Waals surface area contributed by atoms with Crippen molar-refractivity contribution in [3.8, 4) is 5.88 Å². The van der Waals surface area contributed by atoms with Gasteiger partial charge in [0.15, 0.2) is 0 Å². The number of rotatable bonds is 7. The van der Waals surface area contributed by atoms with Crippen LogP contribution in [0.3, 0.4) is 0 Å². The molecule has 0 radical (unpaired) electrons. The molecule has 1 aliphatic rings. The number of nitrogens with one attached hydrogen (secondary N) is 1. The first-order valence-corrected chi connectivity index (χ1v) is 6.84. The largest absolute Gasteiger partial charge is 0.474 e. The van der Waals surface area contributed by atoms with Crippen LogP contribution in [0.25, 0.3) is 0 Å². The summed E-state index contributed by atoms with van der Waals surface area (Å²) in [5.74, 6) is 0.549. The smallest absolute Gasteiger partial charge is 0.232 e. The Kier molecular flexibility index (Phi) is 4.71. The summed E-state index contributed by atoms with van der Waals surface area (Å²) >= 11 is 0. The highest BCUT2D eigenvalue weighted by Gasteiger charge is 2.20. The van der Waals surface area contributed by atoms with Crippen molar-refractivity contribution in [2.45, 2.75) is 51.8 Å². The molecule has 2 rings (SSSR count). The standard InChI is InChI=1S/C14H23N3O2/c1-14(2,3)19-7-6-18-13-10-16-12(9-17-13)8-15-11-4-5-11/h9-11,15H,4-8H2,1-3H3. The average Bonchev–Trinajstić information content (AvgIpc) is 3.16. The van der Waals surface area contributed by atoms with Gasteiger partial charge in [-0.3, -0.25) is 4.98 Å². The van der Waals surface area contributed by atoms with Crippen LogP contribution in [0.5, 0.6) is 5.88 Å². The van der Waals surface area contributed by atoms with Gasteiger partial charge in [0.2, 0.25) is 5.88 Å². The van der Waals surface area contributed by atoms with Crippen molar-refractivity contribution < 1.29 is 9.47 Å². The first kappa shape index (κ1) is 14.2. The second-order valence-corrected chi connectivity index (χ2v) is 5.81. The highest BCUT2D eigenvalue weighted by molar-refractivity contribution is 5.07. The summed E-state index contributed by atoms with van der Waals surface area (Å²) in [6, 6.07) is 0.687. The third kappa shape index (κ3) is 5.98. The van der Waals surface area contributed by atoms with Crippen molar-refractivity contribution in [1.82, 2.24) is 15.3 Å². The third-order valence-corrected chi connectivity index (χ3v) is 2.70. The van der Waals surface area contributed by atoms with Crippen molar-refractivity contribution >= 4 is 0 Å². The number of hydrogen-bond acceptors (Lipinski definition) is 5. The fraction of sp³-hybridized carbons (Fsp3) is 0.714. The third-order valence-electron chi connectivity index (χ3n) is 2.70. The molecule has 1 aromatic heterocycles. The lowest BCUT2D eigenvalue weighted by Crippen LogP contribution is -2.22. The van der Waals surface area contributed by atoms with E-state index in [9.17, 15) is 0 Å². The van der Waals surface area contributed by atoms with E-state index >= 15 is 0 Å². The Morgan fingerprint density at radius 3 is 2.58 bits per heavy atom. The minimum absolute atomic E-state index is 0.132. The zero-order chi connectivity index (χ0) is 13.7. The van der Waals surface area contributed by atoms with Gasteiger partial charge in [-0.15, -0.1) is 0 Å². The maximum atomic E-state index is 5.56. The Morgan fingerprint density at radius 2 is 2.00 bits per heavy atom. The number of hydrogen-bond donors (Lipinski definition) is 1. The van der Waals surface area contributed by atoms with E-state index in [1.165, 1.54) is 12.8 Å². The van der Waals surface area contributed by atoms with Gasteiger partial charge in [-0.2, -0.15) is 0 Å². The second-order valence-electron chi connectivity index (χ2n) is 5.81. The van der Waals surface area contributed by atoms with Gasteiger partial charge in [-0.1, -0.05) is 0 Å². The minimum atomic E-state index is -0.132. The van der Waals surface area contributed by atoms with Crippen LogP contribution in [0.2, 0.25) is 0 Å². The van der Waals surface area contributed by atoms with Crippen LogP contribution in [-0.2, 0) is 11.3 Å². The summed E-state index contributed by atoms with van der Waals surface area (Å²) in [4.78, 5) is 8.55. The number of nitrogens with zero attached hydrogens (tertiary/aromatic N) is 2. The fourth-order valence-corrected chi connectivity index (χ4v) is 1.54. The molecule has 106 valence electrons. The predicted molar refractivity (Wildman–Crippen MR) is 73.1 cm³/mol. The first-order chi connectivity index (χ1) is 9.03. The van der Waals surface area contributed by atoms with Gasteiger partial charge in [-0.25, -0.2) is 4.98 Å². The lowest BCUT2D eigenvalue weighted by Gasteiger charge is -2.19. The Bertz CT molecular complexity index is 383. The van der Waals surface area contributed by atoms with Crippen LogP contribution < -0.4 is 10.1 Å². The van der Waals surface area contributed by atoms with Crippen molar-refractivity contribution in [3.05, 3.63) is 18.1 Å². The molecule has 1 heterocycles. The lowest BCUT2D eigenvalue weighted by atomic mass is 10.2. The van der Waals surface area contributed by atoms with Gasteiger partial charge >= 0.3 is 0 Å². The van der Waals surface area contributed by atoms with E-state index < -0.39 is 0 Å². The van der Waals surface area contributed by atoms with Crippen LogP contribution >= 0.6 is 0 Å². The van der Waals surface area contributed by atoms with E-state index in [-0.39, 0.29) is 5.60 Å². The Balaban J connectivity index is 1.66. The van der Waals surface area contributed by atoms with Crippen molar-refractivity contribution in [1.29, 1.82) is 0 Å². The molecule has 1 aliphatic carbocycles. The molecule has 1 aromatic rings. The maximum Gasteiger partial charge on any atom is 0.232 e. The predicted octanol–water partition coefficient (Wildman–Crippen LogP) is 1.92. The summed E-state index contributed by atoms with van der Waals surface area (Å²) in [5, 5.41) is 3.40. The van der Waals surface area contributed by atoms with Gasteiger partial charge in [0, 0.05) is 12.6 Å². The number of aromatic nitrogens is 2. The van der Waals surface area contributed by atoms with Crippen LogP contribution in [0.1, 0.15) is 39.3 Å². The van der Waals surface area contributed by atoms with E-state index in [2.05, 4.69) is 15.3 Å². The highest BCUT2D eigenvalue weighted by atomic mass is 16.5. The van der Waals surface area contributed by atoms with Gasteiger partial charge in [-0.05, 0) is 33.6 Å². The summed E-state index contributed by atoms with van der Waals surface area (Å²) in [5.41, 5.74) is 0.818. The van der Waals surface area contributed by atoms with E-state index in [1.54, 1.807) is 12.4 Å². The van der Waals surface area contributed by atoms with Crippen molar-refractivity contribution in [2.24, 2.45) is 0 Å². The molecule has 0 spiro atoms. The molecule has 0 atom stereocenters. The van der Waals surface area contributed by atoms with Gasteiger partial charge in [0.1, 0.15) is 6.61 Å². The quantitative estimate of drug-likeness (QED) is 0.763. The average molecular weight is 265 g/mol. The SMILES string of the molecule is CC(C)(C)OCCOc1cnc(CNC2CC2)cn1. The van der Waals surface area contributed by atoms with Crippen LogP contribution in [0.15, 0.2) is 12.4 Å². The van der Waals surface area contributed by atoms with E-state index in [4.69, 9.17) is 9.47 Å². The number of ether oxygens (including phenoxy) is 2. The fourth-order valence-electron chi connectivity index (χ4n) is 1.54. The van der Waals surface area contributed by atoms with Crippen molar-refractivity contribution in [2.75, 3.05) is 13.2 Å². The molecule has 0 aromatic carbocycles. The normalized spacial score (nSPS) is 15.5. The Labute approximate surface area is 114 Å². The molecule has 0 amide bonds. The molecule has 0 bridgehead atoms.